The molecule has 0 bridgehead atoms. The third-order valence-corrected chi connectivity index (χ3v) is 5.38. The van der Waals surface area contributed by atoms with Crippen LogP contribution in [-0.4, -0.2) is 83.8 Å². The molecule has 2 fully saturated rings. The van der Waals surface area contributed by atoms with Gasteiger partial charge in [0.25, 0.3) is 0 Å². The van der Waals surface area contributed by atoms with Crippen LogP contribution in [0.3, 0.4) is 0 Å². The molecule has 2 saturated heterocycles. The summed E-state index contributed by atoms with van der Waals surface area (Å²) in [6, 6.07) is 8.14. The SMILES string of the molecule is Cc1ccccc1CN1CCN(C(=O)CCCN2C(=O)CN(C)C2=O)CC1. The first kappa shape index (κ1) is 19.4. The molecule has 0 N–H and O–H groups in total. The molecule has 1 aromatic carbocycles. The summed E-state index contributed by atoms with van der Waals surface area (Å²) in [5, 5.41) is 0. The molecule has 0 atom stereocenters. The van der Waals surface area contributed by atoms with Crippen LogP contribution in [0.1, 0.15) is 24.0 Å². The second-order valence-corrected chi connectivity index (χ2v) is 7.37. The smallest absolute Gasteiger partial charge is 0.326 e. The third-order valence-electron chi connectivity index (χ3n) is 5.38. The van der Waals surface area contributed by atoms with Gasteiger partial charge in [0, 0.05) is 52.7 Å². The molecule has 7 nitrogen and oxygen atoms in total. The van der Waals surface area contributed by atoms with Crippen LogP contribution in [-0.2, 0) is 16.1 Å². The number of aryl methyl sites for hydroxylation is 1. The van der Waals surface area contributed by atoms with Crippen LogP contribution in [0, 0.1) is 6.92 Å². The van der Waals surface area contributed by atoms with E-state index in [0.717, 1.165) is 32.7 Å². The summed E-state index contributed by atoms with van der Waals surface area (Å²) in [5.74, 6) is -0.0715. The lowest BCUT2D eigenvalue weighted by atomic mass is 10.1. The van der Waals surface area contributed by atoms with Crippen LogP contribution in [0.5, 0.6) is 0 Å². The average Bonchev–Trinajstić information content (AvgIpc) is 2.90. The lowest BCUT2D eigenvalue weighted by Crippen LogP contribution is -2.48. The van der Waals surface area contributed by atoms with Gasteiger partial charge in [-0.25, -0.2) is 4.79 Å². The Hall–Kier alpha value is -2.41. The highest BCUT2D eigenvalue weighted by molar-refractivity contribution is 6.01. The molecular weight excluding hydrogens is 344 g/mol. The molecule has 4 amide bonds. The molecule has 2 aliphatic rings. The van der Waals surface area contributed by atoms with Gasteiger partial charge in [0.05, 0.1) is 0 Å². The van der Waals surface area contributed by atoms with Gasteiger partial charge in [0.2, 0.25) is 11.8 Å². The maximum atomic E-state index is 12.4. The fourth-order valence-electron chi connectivity index (χ4n) is 3.62. The monoisotopic (exact) mass is 372 g/mol. The zero-order valence-corrected chi connectivity index (χ0v) is 16.2. The van der Waals surface area contributed by atoms with E-state index in [0.29, 0.717) is 19.4 Å². The van der Waals surface area contributed by atoms with E-state index in [-0.39, 0.29) is 24.4 Å². The summed E-state index contributed by atoms with van der Waals surface area (Å²) in [6.45, 7) is 6.70. The van der Waals surface area contributed by atoms with Crippen molar-refractivity contribution in [2.24, 2.45) is 0 Å². The average molecular weight is 372 g/mol. The van der Waals surface area contributed by atoms with Crippen molar-refractivity contribution in [3.8, 4) is 0 Å². The maximum Gasteiger partial charge on any atom is 0.326 e. The highest BCUT2D eigenvalue weighted by Gasteiger charge is 2.33. The fraction of sp³-hybridized carbons (Fsp3) is 0.550. The summed E-state index contributed by atoms with van der Waals surface area (Å²) in [6.07, 6.45) is 0.895. The topological polar surface area (TPSA) is 64.2 Å². The Kier molecular flexibility index (Phi) is 6.11. The zero-order chi connectivity index (χ0) is 19.4. The van der Waals surface area contributed by atoms with Crippen molar-refractivity contribution in [1.29, 1.82) is 0 Å². The molecule has 27 heavy (non-hydrogen) atoms. The Bertz CT molecular complexity index is 713. The second-order valence-electron chi connectivity index (χ2n) is 7.37. The van der Waals surface area contributed by atoms with Crippen molar-refractivity contribution in [2.75, 3.05) is 46.3 Å². The van der Waals surface area contributed by atoms with Crippen molar-refractivity contribution in [2.45, 2.75) is 26.3 Å². The van der Waals surface area contributed by atoms with Crippen molar-refractivity contribution in [3.63, 3.8) is 0 Å². The van der Waals surface area contributed by atoms with Crippen LogP contribution in [0.4, 0.5) is 4.79 Å². The van der Waals surface area contributed by atoms with Gasteiger partial charge in [0.15, 0.2) is 0 Å². The van der Waals surface area contributed by atoms with Gasteiger partial charge >= 0.3 is 6.03 Å². The Morgan fingerprint density at radius 1 is 1.07 bits per heavy atom. The Balaban J connectivity index is 1.39. The van der Waals surface area contributed by atoms with Crippen LogP contribution in [0.15, 0.2) is 24.3 Å². The summed E-state index contributed by atoms with van der Waals surface area (Å²) < 4.78 is 0. The molecule has 0 radical (unpaired) electrons. The first-order valence-electron chi connectivity index (χ1n) is 9.56. The van der Waals surface area contributed by atoms with E-state index in [2.05, 4.69) is 36.1 Å². The number of piperazine rings is 1. The second kappa shape index (κ2) is 8.52. The summed E-state index contributed by atoms with van der Waals surface area (Å²) in [5.41, 5.74) is 2.63. The van der Waals surface area contributed by atoms with Gasteiger partial charge in [0.1, 0.15) is 6.54 Å². The van der Waals surface area contributed by atoms with Crippen molar-refractivity contribution >= 4 is 17.8 Å². The van der Waals surface area contributed by atoms with Gasteiger partial charge < -0.3 is 9.80 Å². The number of amides is 4. The molecular formula is C20H28N4O3. The molecule has 3 rings (SSSR count). The van der Waals surface area contributed by atoms with E-state index in [1.54, 1.807) is 7.05 Å². The highest BCUT2D eigenvalue weighted by Crippen LogP contribution is 2.14. The van der Waals surface area contributed by atoms with Crippen LogP contribution in [0.25, 0.3) is 0 Å². The first-order chi connectivity index (χ1) is 13.0. The summed E-state index contributed by atoms with van der Waals surface area (Å²) in [4.78, 5) is 42.9. The van der Waals surface area contributed by atoms with E-state index in [9.17, 15) is 14.4 Å². The number of imide groups is 1. The fourth-order valence-corrected chi connectivity index (χ4v) is 3.62. The molecule has 0 spiro atoms. The summed E-state index contributed by atoms with van der Waals surface area (Å²) in [7, 11) is 1.61. The van der Waals surface area contributed by atoms with E-state index in [1.807, 2.05) is 4.90 Å². The molecule has 146 valence electrons. The Morgan fingerprint density at radius 2 is 1.78 bits per heavy atom. The lowest BCUT2D eigenvalue weighted by Gasteiger charge is -2.35. The molecule has 0 aliphatic carbocycles. The summed E-state index contributed by atoms with van der Waals surface area (Å²) >= 11 is 0. The molecule has 7 heteroatoms. The normalized spacial score (nSPS) is 18.5. The van der Waals surface area contributed by atoms with E-state index in [4.69, 9.17) is 0 Å². The van der Waals surface area contributed by atoms with E-state index in [1.165, 1.54) is 20.9 Å². The van der Waals surface area contributed by atoms with Gasteiger partial charge in [-0.05, 0) is 24.5 Å². The van der Waals surface area contributed by atoms with Gasteiger partial charge in [-0.15, -0.1) is 0 Å². The number of hydrogen-bond acceptors (Lipinski definition) is 4. The number of carbonyl (C=O) groups is 3. The van der Waals surface area contributed by atoms with Gasteiger partial charge in [-0.2, -0.15) is 0 Å². The van der Waals surface area contributed by atoms with Crippen molar-refractivity contribution < 1.29 is 14.4 Å². The van der Waals surface area contributed by atoms with Crippen molar-refractivity contribution in [3.05, 3.63) is 35.4 Å². The zero-order valence-electron chi connectivity index (χ0n) is 16.2. The van der Waals surface area contributed by atoms with Gasteiger partial charge in [-0.3, -0.25) is 19.4 Å². The minimum atomic E-state index is -0.266. The number of urea groups is 1. The molecule has 2 aliphatic heterocycles. The minimum Gasteiger partial charge on any atom is -0.340 e. The number of hydrogen-bond donors (Lipinski definition) is 0. The van der Waals surface area contributed by atoms with Crippen LogP contribution in [0.2, 0.25) is 0 Å². The third kappa shape index (κ3) is 4.66. The van der Waals surface area contributed by atoms with E-state index < -0.39 is 0 Å². The highest BCUT2D eigenvalue weighted by atomic mass is 16.2. The molecule has 0 saturated carbocycles. The minimum absolute atomic E-state index is 0.109. The number of likely N-dealkylation sites (N-methyl/N-ethyl adjacent to an activating group) is 1. The number of rotatable bonds is 6. The van der Waals surface area contributed by atoms with Crippen LogP contribution < -0.4 is 0 Å². The number of benzene rings is 1. The predicted octanol–water partition coefficient (Wildman–Crippen LogP) is 1.31. The molecule has 2 heterocycles. The van der Waals surface area contributed by atoms with Crippen molar-refractivity contribution in [1.82, 2.24) is 19.6 Å². The maximum absolute atomic E-state index is 12.4. The predicted molar refractivity (Wildman–Crippen MR) is 102 cm³/mol. The van der Waals surface area contributed by atoms with Gasteiger partial charge in [-0.1, -0.05) is 24.3 Å². The first-order valence-corrected chi connectivity index (χ1v) is 9.56. The quantitative estimate of drug-likeness (QED) is 0.707. The largest absolute Gasteiger partial charge is 0.340 e. The molecule has 0 unspecified atom stereocenters. The Morgan fingerprint density at radius 3 is 2.41 bits per heavy atom. The van der Waals surface area contributed by atoms with Crippen LogP contribution >= 0.6 is 0 Å². The lowest BCUT2D eigenvalue weighted by molar-refractivity contribution is -0.133. The molecule has 0 aromatic heterocycles. The van der Waals surface area contributed by atoms with E-state index >= 15 is 0 Å². The standard InChI is InChI=1S/C20H28N4O3/c1-16-6-3-4-7-17(16)14-22-10-12-23(13-11-22)18(25)8-5-9-24-19(26)15-21(2)20(24)27/h3-4,6-7H,5,8-15H2,1-2H3. The number of carbonyl (C=O) groups excluding carboxylic acids is 3. The Labute approximate surface area is 160 Å². The molecule has 1 aromatic rings. The number of nitrogens with zero attached hydrogens (tertiary/aromatic N) is 4.